The van der Waals surface area contributed by atoms with Gasteiger partial charge in [0, 0.05) is 11.6 Å². The summed E-state index contributed by atoms with van der Waals surface area (Å²) in [5.74, 6) is 0.343. The summed E-state index contributed by atoms with van der Waals surface area (Å²) in [6.45, 7) is 1.62. The molecule has 65 valence electrons. The fraction of sp³-hybridized carbons (Fsp3) is 0.333. The standard InChI is InChI=1S/C9H9F2O/c1-6-3-4-7(12-2)5-8(6)9(10)11/h3,5,9H,1-2H3. The minimum Gasteiger partial charge on any atom is -0.496 e. The molecule has 0 heterocycles. The van der Waals surface area contributed by atoms with Crippen molar-refractivity contribution in [3.8, 4) is 5.75 Å². The van der Waals surface area contributed by atoms with Gasteiger partial charge in [-0.15, -0.1) is 0 Å². The summed E-state index contributed by atoms with van der Waals surface area (Å²) in [5.41, 5.74) is 0.538. The first-order chi connectivity index (χ1) is 5.65. The lowest BCUT2D eigenvalue weighted by Crippen LogP contribution is -1.91. The van der Waals surface area contributed by atoms with Crippen molar-refractivity contribution >= 4 is 0 Å². The quantitative estimate of drug-likeness (QED) is 0.664. The number of rotatable bonds is 2. The Hall–Kier alpha value is -1.12. The molecule has 1 rings (SSSR count). The van der Waals surface area contributed by atoms with Crippen LogP contribution in [-0.2, 0) is 0 Å². The number of benzene rings is 1. The summed E-state index contributed by atoms with van der Waals surface area (Å²) in [4.78, 5) is 0. The zero-order valence-electron chi connectivity index (χ0n) is 6.90. The normalized spacial score (nSPS) is 10.4. The zero-order valence-corrected chi connectivity index (χ0v) is 6.90. The van der Waals surface area contributed by atoms with Crippen molar-refractivity contribution in [3.05, 3.63) is 29.3 Å². The van der Waals surface area contributed by atoms with Crippen LogP contribution < -0.4 is 4.74 Å². The number of hydrogen-bond acceptors (Lipinski definition) is 1. The van der Waals surface area contributed by atoms with Gasteiger partial charge in [-0.05, 0) is 24.6 Å². The average Bonchev–Trinajstić information content (AvgIpc) is 2.05. The van der Waals surface area contributed by atoms with E-state index in [2.05, 4.69) is 6.07 Å². The highest BCUT2D eigenvalue weighted by molar-refractivity contribution is 5.34. The number of halogens is 2. The van der Waals surface area contributed by atoms with Crippen molar-refractivity contribution in [2.75, 3.05) is 7.11 Å². The molecular formula is C9H9F2O. The predicted molar refractivity (Wildman–Crippen MR) is 41.5 cm³/mol. The van der Waals surface area contributed by atoms with Gasteiger partial charge in [0.1, 0.15) is 5.75 Å². The van der Waals surface area contributed by atoms with Crippen LogP contribution in [0.3, 0.4) is 0 Å². The van der Waals surface area contributed by atoms with E-state index in [0.29, 0.717) is 11.3 Å². The van der Waals surface area contributed by atoms with E-state index in [9.17, 15) is 8.78 Å². The van der Waals surface area contributed by atoms with Crippen molar-refractivity contribution in [2.24, 2.45) is 0 Å². The largest absolute Gasteiger partial charge is 0.496 e. The number of hydrogen-bond donors (Lipinski definition) is 0. The van der Waals surface area contributed by atoms with Crippen molar-refractivity contribution < 1.29 is 13.5 Å². The third-order valence-corrected chi connectivity index (χ3v) is 1.63. The third-order valence-electron chi connectivity index (χ3n) is 1.63. The Balaban J connectivity index is 3.08. The van der Waals surface area contributed by atoms with Gasteiger partial charge >= 0.3 is 0 Å². The van der Waals surface area contributed by atoms with Gasteiger partial charge in [0.2, 0.25) is 0 Å². The molecule has 0 fully saturated rings. The Morgan fingerprint density at radius 1 is 1.50 bits per heavy atom. The number of alkyl halides is 2. The molecule has 0 aliphatic rings. The lowest BCUT2D eigenvalue weighted by molar-refractivity contribution is 0.150. The molecular weight excluding hydrogens is 162 g/mol. The maximum atomic E-state index is 12.3. The van der Waals surface area contributed by atoms with Crippen molar-refractivity contribution in [1.82, 2.24) is 0 Å². The Bertz CT molecular complexity index is 271. The van der Waals surface area contributed by atoms with E-state index in [-0.39, 0.29) is 5.56 Å². The minimum absolute atomic E-state index is 0.00519. The first-order valence-corrected chi connectivity index (χ1v) is 3.49. The molecule has 0 spiro atoms. The highest BCUT2D eigenvalue weighted by Crippen LogP contribution is 2.25. The van der Waals surface area contributed by atoms with E-state index in [1.165, 1.54) is 19.2 Å². The Labute approximate surface area is 70.0 Å². The minimum atomic E-state index is -2.45. The van der Waals surface area contributed by atoms with Crippen LogP contribution in [-0.4, -0.2) is 7.11 Å². The molecule has 1 aromatic rings. The van der Waals surface area contributed by atoms with E-state index in [0.717, 1.165) is 0 Å². The van der Waals surface area contributed by atoms with Gasteiger partial charge in [-0.25, -0.2) is 8.78 Å². The Kier molecular flexibility index (Phi) is 2.63. The predicted octanol–water partition coefficient (Wildman–Crippen LogP) is 2.74. The van der Waals surface area contributed by atoms with Crippen LogP contribution in [0.15, 0.2) is 12.1 Å². The molecule has 0 aromatic heterocycles. The highest BCUT2D eigenvalue weighted by Gasteiger charge is 2.10. The number of aryl methyl sites for hydroxylation is 1. The van der Waals surface area contributed by atoms with Crippen LogP contribution in [0.25, 0.3) is 0 Å². The number of methoxy groups -OCH3 is 1. The summed E-state index contributed by atoms with van der Waals surface area (Å²) in [6, 6.07) is 5.53. The lowest BCUT2D eigenvalue weighted by atomic mass is 10.1. The molecule has 3 heteroatoms. The Morgan fingerprint density at radius 2 is 2.17 bits per heavy atom. The number of ether oxygens (including phenoxy) is 1. The maximum Gasteiger partial charge on any atom is 0.264 e. The van der Waals surface area contributed by atoms with Crippen molar-refractivity contribution in [3.63, 3.8) is 0 Å². The highest BCUT2D eigenvalue weighted by atomic mass is 19.3. The van der Waals surface area contributed by atoms with E-state index in [1.54, 1.807) is 6.92 Å². The van der Waals surface area contributed by atoms with Crippen LogP contribution in [0.4, 0.5) is 8.78 Å². The second kappa shape index (κ2) is 3.52. The molecule has 0 saturated heterocycles. The topological polar surface area (TPSA) is 9.23 Å². The van der Waals surface area contributed by atoms with E-state index < -0.39 is 6.43 Å². The molecule has 1 aromatic carbocycles. The smallest absolute Gasteiger partial charge is 0.264 e. The summed E-state index contributed by atoms with van der Waals surface area (Å²) < 4.78 is 29.3. The van der Waals surface area contributed by atoms with Gasteiger partial charge in [-0.1, -0.05) is 0 Å². The molecule has 0 unspecified atom stereocenters. The average molecular weight is 171 g/mol. The van der Waals surface area contributed by atoms with Gasteiger partial charge in [0.05, 0.1) is 7.11 Å². The van der Waals surface area contributed by atoms with Gasteiger partial charge in [0.25, 0.3) is 6.43 Å². The Morgan fingerprint density at radius 3 is 2.67 bits per heavy atom. The molecule has 1 nitrogen and oxygen atoms in total. The van der Waals surface area contributed by atoms with Crippen LogP contribution in [0.1, 0.15) is 17.6 Å². The van der Waals surface area contributed by atoms with E-state index >= 15 is 0 Å². The van der Waals surface area contributed by atoms with Gasteiger partial charge < -0.3 is 4.74 Å². The summed E-state index contributed by atoms with van der Waals surface area (Å²) in [6.07, 6.45) is -2.45. The molecule has 12 heavy (non-hydrogen) atoms. The molecule has 1 radical (unpaired) electrons. The molecule has 0 bridgehead atoms. The fourth-order valence-electron chi connectivity index (χ4n) is 0.912. The summed E-state index contributed by atoms with van der Waals surface area (Å²) >= 11 is 0. The molecule has 0 amide bonds. The van der Waals surface area contributed by atoms with Gasteiger partial charge in [0.15, 0.2) is 0 Å². The van der Waals surface area contributed by atoms with Crippen LogP contribution in [0.5, 0.6) is 5.75 Å². The summed E-state index contributed by atoms with van der Waals surface area (Å²) in [5, 5.41) is 0. The maximum absolute atomic E-state index is 12.3. The van der Waals surface area contributed by atoms with Crippen LogP contribution >= 0.6 is 0 Å². The third kappa shape index (κ3) is 1.72. The van der Waals surface area contributed by atoms with E-state index in [1.807, 2.05) is 0 Å². The second-order valence-electron chi connectivity index (χ2n) is 2.44. The molecule has 0 aliphatic heterocycles. The van der Waals surface area contributed by atoms with Crippen molar-refractivity contribution in [2.45, 2.75) is 13.3 Å². The van der Waals surface area contributed by atoms with E-state index in [4.69, 9.17) is 4.74 Å². The SMILES string of the molecule is COc1[c]cc(C)c(C(F)F)c1. The molecule has 0 atom stereocenters. The first kappa shape index (κ1) is 8.97. The van der Waals surface area contributed by atoms with Crippen LogP contribution in [0, 0.1) is 13.0 Å². The second-order valence-corrected chi connectivity index (χ2v) is 2.44. The first-order valence-electron chi connectivity index (χ1n) is 3.49. The van der Waals surface area contributed by atoms with Gasteiger partial charge in [-0.2, -0.15) is 0 Å². The fourth-order valence-corrected chi connectivity index (χ4v) is 0.912. The van der Waals surface area contributed by atoms with Crippen LogP contribution in [0.2, 0.25) is 0 Å². The zero-order chi connectivity index (χ0) is 9.14. The van der Waals surface area contributed by atoms with Gasteiger partial charge in [-0.3, -0.25) is 0 Å². The molecule has 0 aliphatic carbocycles. The molecule has 0 N–H and O–H groups in total. The lowest BCUT2D eigenvalue weighted by Gasteiger charge is -2.06. The van der Waals surface area contributed by atoms with Crippen molar-refractivity contribution in [1.29, 1.82) is 0 Å². The summed E-state index contributed by atoms with van der Waals surface area (Å²) in [7, 11) is 1.43. The monoisotopic (exact) mass is 171 g/mol. The molecule has 0 saturated carbocycles.